The third-order valence-corrected chi connectivity index (χ3v) is 8.06. The number of amides is 1. The Hall–Kier alpha value is -4.49. The van der Waals surface area contributed by atoms with E-state index in [1.165, 1.54) is 0 Å². The van der Waals surface area contributed by atoms with Crippen molar-refractivity contribution in [3.63, 3.8) is 0 Å². The van der Waals surface area contributed by atoms with Gasteiger partial charge >= 0.3 is 0 Å². The Bertz CT molecular complexity index is 1660. The second-order valence-electron chi connectivity index (χ2n) is 10.8. The Kier molecular flexibility index (Phi) is 7.05. The van der Waals surface area contributed by atoms with Crippen LogP contribution in [0.3, 0.4) is 0 Å². The van der Waals surface area contributed by atoms with E-state index in [2.05, 4.69) is 20.9 Å². The zero-order valence-corrected chi connectivity index (χ0v) is 23.3. The molecule has 10 heteroatoms. The van der Waals surface area contributed by atoms with E-state index in [-0.39, 0.29) is 5.91 Å². The van der Waals surface area contributed by atoms with E-state index in [0.717, 1.165) is 23.2 Å². The van der Waals surface area contributed by atoms with Gasteiger partial charge < -0.3 is 23.9 Å². The Balaban J connectivity index is 1.32. The van der Waals surface area contributed by atoms with Crippen molar-refractivity contribution in [3.05, 3.63) is 60.0 Å². The summed E-state index contributed by atoms with van der Waals surface area (Å²) < 4.78 is 25.8. The number of hydrogen-bond acceptors (Lipinski definition) is 8. The smallest absolute Gasteiger partial charge is 0.272 e. The maximum absolute atomic E-state index is 13.8. The molecule has 6 rings (SSSR count). The van der Waals surface area contributed by atoms with Crippen LogP contribution in [-0.2, 0) is 0 Å². The first-order valence-electron chi connectivity index (χ1n) is 13.7. The summed E-state index contributed by atoms with van der Waals surface area (Å²) in [6.07, 6.45) is 3.81. The molecule has 2 fully saturated rings. The number of nitriles is 1. The minimum Gasteiger partial charge on any atom is -0.496 e. The number of alkyl halides is 1. The summed E-state index contributed by atoms with van der Waals surface area (Å²) in [6.45, 7) is 2.24. The summed E-state index contributed by atoms with van der Waals surface area (Å²) in [4.78, 5) is 28.0. The number of anilines is 1. The number of benzene rings is 1. The van der Waals surface area contributed by atoms with E-state index >= 15 is 0 Å². The van der Waals surface area contributed by atoms with Crippen LogP contribution >= 0.6 is 0 Å². The van der Waals surface area contributed by atoms with E-state index < -0.39 is 6.17 Å². The summed E-state index contributed by atoms with van der Waals surface area (Å²) in [6, 6.07) is 13.5. The molecule has 2 saturated heterocycles. The van der Waals surface area contributed by atoms with Crippen LogP contribution in [0.2, 0.25) is 0 Å². The predicted octanol–water partition coefficient (Wildman–Crippen LogP) is 4.76. The molecule has 0 aliphatic carbocycles. The van der Waals surface area contributed by atoms with Crippen LogP contribution in [0.15, 0.2) is 53.2 Å². The molecule has 2 aliphatic rings. The second-order valence-corrected chi connectivity index (χ2v) is 10.8. The molecular weight excluding hydrogens is 523 g/mol. The molecular formula is C31H31FN6O3. The van der Waals surface area contributed by atoms with Gasteiger partial charge in [0, 0.05) is 62.3 Å². The van der Waals surface area contributed by atoms with Crippen LogP contribution in [-0.4, -0.2) is 85.3 Å². The second kappa shape index (κ2) is 10.8. The number of likely N-dealkylation sites (N-methyl/N-ethyl adjacent to an activating group) is 1. The molecule has 0 spiro atoms. The van der Waals surface area contributed by atoms with Crippen molar-refractivity contribution in [2.45, 2.75) is 25.1 Å². The normalized spacial score (nSPS) is 18.8. The maximum Gasteiger partial charge on any atom is 0.272 e. The Morgan fingerprint density at radius 1 is 1.12 bits per heavy atom. The molecule has 1 amide bonds. The lowest BCUT2D eigenvalue weighted by Gasteiger charge is -2.20. The van der Waals surface area contributed by atoms with Crippen LogP contribution in [0, 0.1) is 11.3 Å². The van der Waals surface area contributed by atoms with Crippen molar-refractivity contribution in [3.8, 4) is 34.3 Å². The van der Waals surface area contributed by atoms with Crippen molar-refractivity contribution < 1.29 is 18.3 Å². The van der Waals surface area contributed by atoms with Gasteiger partial charge in [-0.25, -0.2) is 4.39 Å². The van der Waals surface area contributed by atoms with Gasteiger partial charge in [-0.3, -0.25) is 14.8 Å². The molecule has 3 aromatic heterocycles. The zero-order chi connectivity index (χ0) is 28.7. The number of halogens is 1. The molecule has 2 aliphatic heterocycles. The molecule has 2 atom stereocenters. The number of carbonyl (C=O) groups excluding carboxylic acids is 1. The molecule has 9 nitrogen and oxygen atoms in total. The lowest BCUT2D eigenvalue weighted by Crippen LogP contribution is -2.34. The van der Waals surface area contributed by atoms with Crippen LogP contribution < -0.4 is 9.64 Å². The average molecular weight is 555 g/mol. The minimum absolute atomic E-state index is 0.125. The molecule has 210 valence electrons. The number of nitrogens with zero attached hydrogens (tertiary/aromatic N) is 6. The van der Waals surface area contributed by atoms with E-state index in [9.17, 15) is 14.4 Å². The van der Waals surface area contributed by atoms with Crippen molar-refractivity contribution >= 4 is 22.7 Å². The van der Waals surface area contributed by atoms with Crippen molar-refractivity contribution in [1.82, 2.24) is 19.8 Å². The van der Waals surface area contributed by atoms with Gasteiger partial charge in [-0.1, -0.05) is 6.07 Å². The summed E-state index contributed by atoms with van der Waals surface area (Å²) in [7, 11) is 5.60. The molecule has 0 bridgehead atoms. The fraction of sp³-hybridized carbons (Fsp3) is 0.355. The summed E-state index contributed by atoms with van der Waals surface area (Å²) >= 11 is 0. The largest absolute Gasteiger partial charge is 0.496 e. The quantitative estimate of drug-likeness (QED) is 0.337. The third-order valence-electron chi connectivity index (χ3n) is 8.06. The highest BCUT2D eigenvalue weighted by Crippen LogP contribution is 2.38. The first kappa shape index (κ1) is 26.7. The zero-order valence-electron chi connectivity index (χ0n) is 23.3. The number of furan rings is 1. The number of rotatable bonds is 6. The topological polar surface area (TPSA) is 98.7 Å². The number of pyridine rings is 2. The molecule has 5 heterocycles. The molecule has 1 unspecified atom stereocenters. The Morgan fingerprint density at radius 2 is 1.98 bits per heavy atom. The number of aromatic nitrogens is 2. The fourth-order valence-electron chi connectivity index (χ4n) is 5.72. The van der Waals surface area contributed by atoms with Gasteiger partial charge in [0.2, 0.25) is 0 Å². The Morgan fingerprint density at radius 3 is 2.68 bits per heavy atom. The highest BCUT2D eigenvalue weighted by molar-refractivity contribution is 5.95. The van der Waals surface area contributed by atoms with Gasteiger partial charge in [0.25, 0.3) is 5.91 Å². The average Bonchev–Trinajstić information content (AvgIpc) is 3.75. The number of fused-ring (bicyclic) bond motifs is 1. The number of likely N-dealkylation sites (tertiary alicyclic amines) is 1. The van der Waals surface area contributed by atoms with Crippen LogP contribution in [0.5, 0.6) is 5.75 Å². The fourth-order valence-corrected chi connectivity index (χ4v) is 5.72. The number of ether oxygens (including phenoxy) is 1. The van der Waals surface area contributed by atoms with Gasteiger partial charge in [0.1, 0.15) is 35.0 Å². The monoisotopic (exact) mass is 554 g/mol. The van der Waals surface area contributed by atoms with E-state index in [1.807, 2.05) is 48.2 Å². The van der Waals surface area contributed by atoms with Crippen molar-refractivity contribution in [1.29, 1.82) is 5.26 Å². The number of hydrogen-bond donors (Lipinski definition) is 0. The highest BCUT2D eigenvalue weighted by Gasteiger charge is 2.30. The standard InChI is InChI=1S/C31H31FN6O3/c1-36(2)22-8-11-38(18-22)31(39)26-14-28(40-3)24(16-35-26)29-13-25-30(41-29)23(6-9-34-25)19-4-5-27(20(12-19)15-33)37-10-7-21(32)17-37/h4-6,9,12-14,16,21-22H,7-8,10-11,17-18H2,1-3H3/t21?,22-/m1/s1. The number of methoxy groups -OCH3 is 1. The first-order chi connectivity index (χ1) is 19.9. The van der Waals surface area contributed by atoms with Gasteiger partial charge in [0.15, 0.2) is 5.58 Å². The molecule has 1 aromatic carbocycles. The Labute approximate surface area is 237 Å². The summed E-state index contributed by atoms with van der Waals surface area (Å²) in [5.41, 5.74) is 4.89. The predicted molar refractivity (Wildman–Crippen MR) is 154 cm³/mol. The lowest BCUT2D eigenvalue weighted by molar-refractivity contribution is 0.0777. The van der Waals surface area contributed by atoms with Crippen molar-refractivity contribution in [2.75, 3.05) is 52.3 Å². The van der Waals surface area contributed by atoms with E-state index in [4.69, 9.17) is 9.15 Å². The van der Waals surface area contributed by atoms with Crippen LogP contribution in [0.1, 0.15) is 28.9 Å². The minimum atomic E-state index is -0.878. The molecule has 41 heavy (non-hydrogen) atoms. The molecule has 0 radical (unpaired) electrons. The SMILES string of the molecule is COc1cc(C(=O)N2CC[C@@H](N(C)C)C2)ncc1-c1cc2nccc(-c3ccc(N4CCC(F)C4)c(C#N)c3)c2o1. The molecule has 4 aromatic rings. The molecule has 0 N–H and O–H groups in total. The van der Waals surface area contributed by atoms with Gasteiger partial charge in [0.05, 0.1) is 23.9 Å². The number of carbonyl (C=O) groups is 1. The first-order valence-corrected chi connectivity index (χ1v) is 13.7. The van der Waals surface area contributed by atoms with Crippen LogP contribution in [0.4, 0.5) is 10.1 Å². The maximum atomic E-state index is 13.8. The third kappa shape index (κ3) is 4.98. The van der Waals surface area contributed by atoms with Gasteiger partial charge in [-0.2, -0.15) is 5.26 Å². The summed E-state index contributed by atoms with van der Waals surface area (Å²) in [5, 5.41) is 9.85. The van der Waals surface area contributed by atoms with E-state index in [0.29, 0.717) is 78.1 Å². The summed E-state index contributed by atoms with van der Waals surface area (Å²) in [5.74, 6) is 0.848. The lowest BCUT2D eigenvalue weighted by atomic mass is 10.0. The highest BCUT2D eigenvalue weighted by atomic mass is 19.1. The van der Waals surface area contributed by atoms with E-state index in [1.54, 1.807) is 31.6 Å². The van der Waals surface area contributed by atoms with Crippen LogP contribution in [0.25, 0.3) is 33.6 Å². The van der Waals surface area contributed by atoms with Gasteiger partial charge in [-0.15, -0.1) is 0 Å². The molecule has 0 saturated carbocycles. The van der Waals surface area contributed by atoms with Gasteiger partial charge in [-0.05, 0) is 50.7 Å². The van der Waals surface area contributed by atoms with Crippen molar-refractivity contribution in [2.24, 2.45) is 0 Å².